The number of aromatic nitrogens is 4. The lowest BCUT2D eigenvalue weighted by Crippen LogP contribution is -2.31. The predicted molar refractivity (Wildman–Crippen MR) is 115 cm³/mol. The lowest BCUT2D eigenvalue weighted by Gasteiger charge is -2.28. The van der Waals surface area contributed by atoms with Gasteiger partial charge in [0.05, 0.1) is 5.69 Å². The molecule has 6 heteroatoms. The Morgan fingerprint density at radius 1 is 1.00 bits per heavy atom. The van der Waals surface area contributed by atoms with Crippen LogP contribution in [0.5, 0.6) is 5.88 Å². The first-order valence-electron chi connectivity index (χ1n) is 10.9. The van der Waals surface area contributed by atoms with Crippen LogP contribution in [0.15, 0.2) is 49.1 Å². The SMILES string of the molecule is c1cncc(-c2ncc3c(n2)CCN(Cc2ccc(OC4CCCCC4)nc2)C3)c1. The molecular weight excluding hydrogens is 374 g/mol. The fourth-order valence-electron chi connectivity index (χ4n) is 4.33. The summed E-state index contributed by atoms with van der Waals surface area (Å²) in [6, 6.07) is 8.08. The maximum Gasteiger partial charge on any atom is 0.213 e. The zero-order chi connectivity index (χ0) is 20.2. The summed E-state index contributed by atoms with van der Waals surface area (Å²) in [5.41, 5.74) is 4.53. The van der Waals surface area contributed by atoms with Crippen molar-refractivity contribution >= 4 is 0 Å². The predicted octanol–water partition coefficient (Wildman–Crippen LogP) is 4.20. The topological polar surface area (TPSA) is 64.0 Å². The molecule has 1 aliphatic heterocycles. The Morgan fingerprint density at radius 2 is 1.93 bits per heavy atom. The molecule has 3 aromatic rings. The quantitative estimate of drug-likeness (QED) is 0.638. The van der Waals surface area contributed by atoms with E-state index >= 15 is 0 Å². The van der Waals surface area contributed by atoms with Crippen LogP contribution >= 0.6 is 0 Å². The summed E-state index contributed by atoms with van der Waals surface area (Å²) in [4.78, 5) is 20.5. The highest BCUT2D eigenvalue weighted by Crippen LogP contribution is 2.24. The van der Waals surface area contributed by atoms with Crippen LogP contribution in [0.2, 0.25) is 0 Å². The first-order chi connectivity index (χ1) is 14.8. The fraction of sp³-hybridized carbons (Fsp3) is 0.417. The van der Waals surface area contributed by atoms with Gasteiger partial charge >= 0.3 is 0 Å². The first-order valence-corrected chi connectivity index (χ1v) is 10.9. The molecule has 0 N–H and O–H groups in total. The molecule has 4 heterocycles. The number of fused-ring (bicyclic) bond motifs is 1. The van der Waals surface area contributed by atoms with E-state index < -0.39 is 0 Å². The van der Waals surface area contributed by atoms with Crippen molar-refractivity contribution in [2.45, 2.75) is 57.7 Å². The number of pyridine rings is 2. The van der Waals surface area contributed by atoms with E-state index in [1.807, 2.05) is 36.8 Å². The maximum atomic E-state index is 6.05. The minimum Gasteiger partial charge on any atom is -0.474 e. The molecular formula is C24H27N5O. The van der Waals surface area contributed by atoms with Gasteiger partial charge in [-0.05, 0) is 43.4 Å². The normalized spacial score (nSPS) is 17.5. The molecule has 0 atom stereocenters. The van der Waals surface area contributed by atoms with E-state index in [1.165, 1.54) is 30.4 Å². The van der Waals surface area contributed by atoms with E-state index in [9.17, 15) is 0 Å². The Hall–Kier alpha value is -2.86. The van der Waals surface area contributed by atoms with E-state index in [4.69, 9.17) is 9.72 Å². The third-order valence-corrected chi connectivity index (χ3v) is 5.98. The van der Waals surface area contributed by atoms with Crippen LogP contribution in [-0.4, -0.2) is 37.5 Å². The van der Waals surface area contributed by atoms with Gasteiger partial charge in [0.25, 0.3) is 0 Å². The molecule has 0 spiro atoms. The molecule has 5 rings (SSSR count). The summed E-state index contributed by atoms with van der Waals surface area (Å²) in [7, 11) is 0. The molecule has 6 nitrogen and oxygen atoms in total. The van der Waals surface area contributed by atoms with Crippen LogP contribution in [0, 0.1) is 0 Å². The Bertz CT molecular complexity index is 971. The van der Waals surface area contributed by atoms with Crippen molar-refractivity contribution in [3.63, 3.8) is 0 Å². The third kappa shape index (κ3) is 4.49. The Morgan fingerprint density at radius 3 is 2.73 bits per heavy atom. The summed E-state index contributed by atoms with van der Waals surface area (Å²) >= 11 is 0. The second-order valence-corrected chi connectivity index (χ2v) is 8.25. The molecule has 3 aromatic heterocycles. The van der Waals surface area contributed by atoms with Crippen molar-refractivity contribution in [2.24, 2.45) is 0 Å². The average molecular weight is 402 g/mol. The van der Waals surface area contributed by atoms with E-state index in [-0.39, 0.29) is 0 Å². The lowest BCUT2D eigenvalue weighted by atomic mass is 9.98. The minimum absolute atomic E-state index is 0.340. The molecule has 154 valence electrons. The number of nitrogens with zero attached hydrogens (tertiary/aromatic N) is 5. The number of hydrogen-bond donors (Lipinski definition) is 0. The largest absolute Gasteiger partial charge is 0.474 e. The highest BCUT2D eigenvalue weighted by Gasteiger charge is 2.19. The van der Waals surface area contributed by atoms with Gasteiger partial charge in [-0.1, -0.05) is 12.5 Å². The van der Waals surface area contributed by atoms with Gasteiger partial charge in [-0.15, -0.1) is 0 Å². The molecule has 0 amide bonds. The van der Waals surface area contributed by atoms with Crippen LogP contribution in [0.4, 0.5) is 0 Å². The highest BCUT2D eigenvalue weighted by atomic mass is 16.5. The fourth-order valence-corrected chi connectivity index (χ4v) is 4.33. The van der Waals surface area contributed by atoms with E-state index in [0.29, 0.717) is 6.10 Å². The Labute approximate surface area is 177 Å². The molecule has 1 aliphatic carbocycles. The number of hydrogen-bond acceptors (Lipinski definition) is 6. The summed E-state index contributed by atoms with van der Waals surface area (Å²) in [6.45, 7) is 2.72. The molecule has 2 aliphatic rings. The van der Waals surface area contributed by atoms with Gasteiger partial charge in [0, 0.05) is 68.0 Å². The van der Waals surface area contributed by atoms with E-state index in [2.05, 4.69) is 25.9 Å². The average Bonchev–Trinajstić information content (AvgIpc) is 2.81. The van der Waals surface area contributed by atoms with Crippen LogP contribution < -0.4 is 4.74 Å². The van der Waals surface area contributed by atoms with Gasteiger partial charge in [-0.25, -0.2) is 15.0 Å². The van der Waals surface area contributed by atoms with Crippen molar-refractivity contribution in [2.75, 3.05) is 6.54 Å². The second-order valence-electron chi connectivity index (χ2n) is 8.25. The molecule has 0 radical (unpaired) electrons. The van der Waals surface area contributed by atoms with E-state index in [1.54, 1.807) is 6.20 Å². The summed E-state index contributed by atoms with van der Waals surface area (Å²) in [5.74, 6) is 1.51. The zero-order valence-corrected chi connectivity index (χ0v) is 17.2. The van der Waals surface area contributed by atoms with Gasteiger partial charge in [0.15, 0.2) is 5.82 Å². The third-order valence-electron chi connectivity index (χ3n) is 5.98. The Balaban J connectivity index is 1.20. The van der Waals surface area contributed by atoms with Crippen molar-refractivity contribution in [3.8, 4) is 17.3 Å². The van der Waals surface area contributed by atoms with Crippen molar-refractivity contribution < 1.29 is 4.74 Å². The van der Waals surface area contributed by atoms with Gasteiger partial charge in [-0.2, -0.15) is 0 Å². The van der Waals surface area contributed by atoms with Crippen molar-refractivity contribution in [3.05, 3.63) is 65.9 Å². The van der Waals surface area contributed by atoms with Gasteiger partial charge in [-0.3, -0.25) is 9.88 Å². The van der Waals surface area contributed by atoms with Crippen LogP contribution in [-0.2, 0) is 19.5 Å². The standard InChI is InChI=1S/C24H27N5O/c1-2-6-21(7-3-1)30-23-9-8-18(13-26-23)16-29-12-10-22-20(17-29)15-27-24(28-22)19-5-4-11-25-14-19/h4-5,8-9,11,13-15,21H,1-3,6-7,10,12,16-17H2. The second kappa shape index (κ2) is 8.88. The van der Waals surface area contributed by atoms with Gasteiger partial charge in [0.2, 0.25) is 5.88 Å². The smallest absolute Gasteiger partial charge is 0.213 e. The molecule has 1 saturated carbocycles. The maximum absolute atomic E-state index is 6.05. The molecule has 0 aromatic carbocycles. The van der Waals surface area contributed by atoms with Crippen molar-refractivity contribution in [1.82, 2.24) is 24.8 Å². The molecule has 30 heavy (non-hydrogen) atoms. The number of rotatable bonds is 5. The first kappa shape index (κ1) is 19.1. The van der Waals surface area contributed by atoms with Crippen LogP contribution in [0.1, 0.15) is 48.9 Å². The number of ether oxygens (including phenoxy) is 1. The molecule has 0 saturated heterocycles. The molecule has 0 bridgehead atoms. The summed E-state index contributed by atoms with van der Waals surface area (Å²) in [6.07, 6.45) is 15.0. The zero-order valence-electron chi connectivity index (χ0n) is 17.2. The lowest BCUT2D eigenvalue weighted by molar-refractivity contribution is 0.148. The monoisotopic (exact) mass is 401 g/mol. The summed E-state index contributed by atoms with van der Waals surface area (Å²) in [5, 5.41) is 0. The minimum atomic E-state index is 0.340. The van der Waals surface area contributed by atoms with Gasteiger partial charge in [0.1, 0.15) is 6.10 Å². The Kier molecular flexibility index (Phi) is 5.66. The van der Waals surface area contributed by atoms with Gasteiger partial charge < -0.3 is 4.74 Å². The van der Waals surface area contributed by atoms with Crippen LogP contribution in [0.3, 0.4) is 0 Å². The van der Waals surface area contributed by atoms with Crippen molar-refractivity contribution in [1.29, 1.82) is 0 Å². The highest BCUT2D eigenvalue weighted by molar-refractivity contribution is 5.53. The van der Waals surface area contributed by atoms with Crippen LogP contribution in [0.25, 0.3) is 11.4 Å². The molecule has 1 fully saturated rings. The summed E-state index contributed by atoms with van der Waals surface area (Å²) < 4.78 is 6.05. The van der Waals surface area contributed by atoms with E-state index in [0.717, 1.165) is 61.9 Å². The molecule has 0 unspecified atom stereocenters.